The first-order chi connectivity index (χ1) is 45.1. The van der Waals surface area contributed by atoms with Gasteiger partial charge < -0.3 is 18.9 Å². The fraction of sp³-hybridized carbons (Fsp3) is 0.524. The van der Waals surface area contributed by atoms with Crippen molar-refractivity contribution in [2.75, 3.05) is 0 Å². The monoisotopic (exact) mass is 1300 g/mol. The molecule has 10 rings (SSSR count). The number of hydrogen-bond acceptors (Lipinski definition) is 12. The van der Waals surface area contributed by atoms with Crippen LogP contribution >= 0.6 is 0 Å². The summed E-state index contributed by atoms with van der Waals surface area (Å²) < 4.78 is 26.7. The highest BCUT2D eigenvalue weighted by Crippen LogP contribution is 2.45. The van der Waals surface area contributed by atoms with Gasteiger partial charge in [0.25, 0.3) is 0 Å². The van der Waals surface area contributed by atoms with Gasteiger partial charge in [-0.15, -0.1) is 0 Å². The molecule has 0 N–H and O–H groups in total. The number of esters is 4. The van der Waals surface area contributed by atoms with Gasteiger partial charge in [0.05, 0.1) is 22.3 Å². The van der Waals surface area contributed by atoms with Gasteiger partial charge in [-0.05, 0) is 220 Å². The zero-order valence-electron chi connectivity index (χ0n) is 60.7. The lowest BCUT2D eigenvalue weighted by molar-refractivity contribution is -0.00765. The molecule has 4 atom stereocenters. The fourth-order valence-corrected chi connectivity index (χ4v) is 17.1. The molecule has 514 valence electrons. The Morgan fingerprint density at radius 1 is 0.312 bits per heavy atom. The summed E-state index contributed by atoms with van der Waals surface area (Å²) in [6.45, 7) is 38.9. The summed E-state index contributed by atoms with van der Waals surface area (Å²) in [5.41, 5.74) is 3.82. The lowest BCUT2D eigenvalue weighted by atomic mass is 9.90. The normalized spacial score (nSPS) is 24.0. The van der Waals surface area contributed by atoms with Crippen molar-refractivity contribution in [3.63, 3.8) is 0 Å². The molecule has 12 heteroatoms. The molecule has 0 radical (unpaired) electrons. The first kappa shape index (κ1) is 71.8. The average molecular weight is 1300 g/mol. The molecule has 4 heterocycles. The van der Waals surface area contributed by atoms with Crippen molar-refractivity contribution in [2.24, 2.45) is 0 Å². The van der Waals surface area contributed by atoms with Crippen LogP contribution in [0.2, 0.25) is 0 Å². The first-order valence-electron chi connectivity index (χ1n) is 35.5. The smallest absolute Gasteiger partial charge is 0.339 e. The Hall–Kier alpha value is -6.96. The van der Waals surface area contributed by atoms with Crippen LogP contribution in [0.1, 0.15) is 252 Å². The van der Waals surface area contributed by atoms with Crippen molar-refractivity contribution in [2.45, 2.75) is 283 Å². The molecule has 4 fully saturated rings. The molecule has 0 saturated carbocycles. The highest BCUT2D eigenvalue weighted by Gasteiger charge is 2.48. The number of rotatable bonds is 17. The maximum atomic E-state index is 15.6. The Kier molecular flexibility index (Phi) is 21.3. The van der Waals surface area contributed by atoms with Gasteiger partial charge in [0.15, 0.2) is 0 Å². The lowest BCUT2D eigenvalue weighted by Crippen LogP contribution is -2.54. The van der Waals surface area contributed by atoms with Gasteiger partial charge in [0.2, 0.25) is 0 Å². The van der Waals surface area contributed by atoms with E-state index in [9.17, 15) is 4.79 Å². The molecule has 12 nitrogen and oxygen atoms in total. The van der Waals surface area contributed by atoms with Crippen LogP contribution in [0.15, 0.2) is 158 Å². The number of benzene rings is 6. The molecule has 4 aliphatic heterocycles. The van der Waals surface area contributed by atoms with Gasteiger partial charge in [-0.2, -0.15) is 0 Å². The zero-order chi connectivity index (χ0) is 69.2. The summed E-state index contributed by atoms with van der Waals surface area (Å²) in [5, 5.41) is 0. The summed E-state index contributed by atoms with van der Waals surface area (Å²) in [7, 11) is 0. The Morgan fingerprint density at radius 2 is 0.594 bits per heavy atom. The van der Waals surface area contributed by atoms with Crippen molar-refractivity contribution in [1.29, 1.82) is 0 Å². The molecule has 0 bridgehead atoms. The maximum Gasteiger partial charge on any atom is 0.339 e. The standard InChI is InChI=1S/C84H110N4O8/c1-77(2)45-41-65(51-81(9,10)85(77)55-59-29-21-17-22-30-59)93-73(89)64-38-39-69(71(50-64)75(91)95-67-43-47-79(5,6)87(83(13,14)53-67)57-61-33-25-19-26-34-61)63-37-40-70(74(90)94-66-42-46-78(3,4)86(82(11,12)52-66)56-60-31-23-18-24-32-60)72(49-63)76(92)96-68-44-48-80(7,8)88(84(15,16)54-68)58-62-35-27-20-28-36-62/h17-40,49-50,65-68H,41-48,51-58H2,1-16H3. The van der Waals surface area contributed by atoms with Crippen LogP contribution in [0.25, 0.3) is 11.1 Å². The largest absolute Gasteiger partial charge is 0.459 e. The lowest BCUT2D eigenvalue weighted by Gasteiger charge is -2.47. The van der Waals surface area contributed by atoms with Crippen molar-refractivity contribution in [3.05, 3.63) is 202 Å². The van der Waals surface area contributed by atoms with Crippen molar-refractivity contribution in [3.8, 4) is 11.1 Å². The fourth-order valence-electron chi connectivity index (χ4n) is 17.1. The van der Waals surface area contributed by atoms with Gasteiger partial charge >= 0.3 is 23.9 Å². The first-order valence-corrected chi connectivity index (χ1v) is 35.5. The van der Waals surface area contributed by atoms with Crippen molar-refractivity contribution < 1.29 is 38.1 Å². The third kappa shape index (κ3) is 16.9. The molecule has 6 aromatic carbocycles. The second-order valence-corrected chi connectivity index (χ2v) is 33.4. The summed E-state index contributed by atoms with van der Waals surface area (Å²) >= 11 is 0. The molecular weight excluding hydrogens is 1190 g/mol. The Morgan fingerprint density at radius 3 is 0.906 bits per heavy atom. The number of carbonyl (C=O) groups is 4. The average Bonchev–Trinajstić information content (AvgIpc) is 1.40. The van der Waals surface area contributed by atoms with E-state index in [1.54, 1.807) is 36.4 Å². The highest BCUT2D eigenvalue weighted by atomic mass is 16.6. The summed E-state index contributed by atoms with van der Waals surface area (Å²) in [4.78, 5) is 71.4. The third-order valence-corrected chi connectivity index (χ3v) is 22.1. The topological polar surface area (TPSA) is 118 Å². The molecule has 0 aromatic heterocycles. The van der Waals surface area contributed by atoms with Crippen LogP contribution in [0.3, 0.4) is 0 Å². The van der Waals surface area contributed by atoms with E-state index in [0.29, 0.717) is 62.5 Å². The van der Waals surface area contributed by atoms with Gasteiger partial charge in [-0.25, -0.2) is 19.2 Å². The quantitative estimate of drug-likeness (QED) is 0.0639. The molecule has 0 amide bonds. The van der Waals surface area contributed by atoms with E-state index < -0.39 is 53.8 Å². The van der Waals surface area contributed by atoms with Gasteiger partial charge in [-0.1, -0.05) is 133 Å². The molecule has 4 saturated heterocycles. The van der Waals surface area contributed by atoms with Crippen molar-refractivity contribution >= 4 is 23.9 Å². The summed E-state index contributed by atoms with van der Waals surface area (Å²) in [6.07, 6.45) is 6.08. The van der Waals surface area contributed by atoms with Crippen LogP contribution in [0.4, 0.5) is 0 Å². The van der Waals surface area contributed by atoms with E-state index in [4.69, 9.17) is 18.9 Å². The number of likely N-dealkylation sites (tertiary alicyclic amines) is 4. The SMILES string of the molecule is CC1(C)CCC(OC(=O)c2ccc(-c3ccc(C(=O)OC4CCC(C)(C)N(Cc5ccccc5)C(C)(C)C4)c(C(=O)OC4CCC(C)(C)N(Cc5ccccc5)C(C)(C)C4)c3)c(C(=O)OC3CCC(C)(C)N(Cc4ccccc4)C(C)(C)C3)c2)CC(C)(C)N1Cc1ccccc1. The molecular formula is C84H110N4O8. The summed E-state index contributed by atoms with van der Waals surface area (Å²) in [5.74, 6) is -2.40. The Bertz CT molecular complexity index is 3670. The van der Waals surface area contributed by atoms with Crippen LogP contribution in [-0.2, 0) is 45.1 Å². The van der Waals surface area contributed by atoms with Crippen LogP contribution in [0, 0.1) is 0 Å². The minimum absolute atomic E-state index is 0.0353. The second kappa shape index (κ2) is 28.5. The maximum absolute atomic E-state index is 15.6. The van der Waals surface area contributed by atoms with E-state index in [-0.39, 0.29) is 61.0 Å². The van der Waals surface area contributed by atoms with E-state index in [2.05, 4.69) is 227 Å². The van der Waals surface area contributed by atoms with E-state index >= 15 is 14.4 Å². The molecule has 4 unspecified atom stereocenters. The van der Waals surface area contributed by atoms with Crippen molar-refractivity contribution in [1.82, 2.24) is 19.6 Å². The molecule has 6 aromatic rings. The summed E-state index contributed by atoms with van der Waals surface area (Å²) in [6, 6.07) is 52.1. The van der Waals surface area contributed by atoms with Crippen LogP contribution in [-0.4, -0.2) is 112 Å². The molecule has 0 spiro atoms. The zero-order valence-corrected chi connectivity index (χ0v) is 60.7. The second-order valence-electron chi connectivity index (χ2n) is 33.4. The predicted octanol–water partition coefficient (Wildman–Crippen LogP) is 18.4. The number of carbonyl (C=O) groups excluding carboxylic acids is 4. The number of ether oxygens (including phenoxy) is 4. The highest BCUT2D eigenvalue weighted by molar-refractivity contribution is 6.06. The molecule has 96 heavy (non-hydrogen) atoms. The van der Waals surface area contributed by atoms with Gasteiger partial charge in [0, 0.05) is 96.2 Å². The van der Waals surface area contributed by atoms with Crippen LogP contribution in [0.5, 0.6) is 0 Å². The minimum Gasteiger partial charge on any atom is -0.459 e. The van der Waals surface area contributed by atoms with E-state index in [0.717, 1.165) is 51.9 Å². The van der Waals surface area contributed by atoms with E-state index in [1.165, 1.54) is 22.3 Å². The number of hydrogen-bond donors (Lipinski definition) is 0. The molecule has 0 aliphatic carbocycles. The molecule has 4 aliphatic rings. The minimum atomic E-state index is -0.653. The van der Waals surface area contributed by atoms with Gasteiger partial charge in [-0.3, -0.25) is 19.6 Å². The Labute approximate surface area is 574 Å². The predicted molar refractivity (Wildman–Crippen MR) is 385 cm³/mol. The van der Waals surface area contributed by atoms with Gasteiger partial charge in [0.1, 0.15) is 24.4 Å². The Balaban J connectivity index is 1.01. The van der Waals surface area contributed by atoms with Crippen LogP contribution < -0.4 is 0 Å². The van der Waals surface area contributed by atoms with E-state index in [1.807, 2.05) is 24.3 Å². The number of nitrogens with zero attached hydrogens (tertiary/aromatic N) is 4. The third-order valence-electron chi connectivity index (χ3n) is 22.1.